The molecule has 4 fully saturated rings. The quantitative estimate of drug-likeness (QED) is 0.578. The summed E-state index contributed by atoms with van der Waals surface area (Å²) in [6.07, 6.45) is 4.41. The lowest BCUT2D eigenvalue weighted by Gasteiger charge is -2.70. The Hall–Kier alpha value is -1.51. The van der Waals surface area contributed by atoms with E-state index in [4.69, 9.17) is 16.3 Å². The summed E-state index contributed by atoms with van der Waals surface area (Å²) in [7, 11) is 0. The Balaban J connectivity index is 1.18. The summed E-state index contributed by atoms with van der Waals surface area (Å²) < 4.78 is 18.7. The van der Waals surface area contributed by atoms with Crippen molar-refractivity contribution < 1.29 is 18.7 Å². The second kappa shape index (κ2) is 7.96. The fraction of sp³-hybridized carbons (Fsp3) is 0.600. The van der Waals surface area contributed by atoms with Crippen LogP contribution in [0, 0.1) is 5.82 Å². The second-order valence-electron chi connectivity index (χ2n) is 8.30. The highest BCUT2D eigenvalue weighted by atomic mass is 35.5. The Morgan fingerprint density at radius 2 is 2.03 bits per heavy atom. The molecule has 6 nitrogen and oxygen atoms in total. The summed E-state index contributed by atoms with van der Waals surface area (Å²) in [5.41, 5.74) is -0.418. The third-order valence-corrected chi connectivity index (χ3v) is 7.53. The molecule has 2 atom stereocenters. The van der Waals surface area contributed by atoms with Gasteiger partial charge in [-0.2, -0.15) is 0 Å². The van der Waals surface area contributed by atoms with E-state index in [1.807, 2.05) is 0 Å². The van der Waals surface area contributed by atoms with E-state index < -0.39 is 5.82 Å². The molecule has 4 aliphatic rings. The molecule has 2 unspecified atom stereocenters. The molecule has 1 heterocycles. The van der Waals surface area contributed by atoms with Gasteiger partial charge in [0.25, 0.3) is 5.91 Å². The highest BCUT2D eigenvalue weighted by Gasteiger charge is 2.69. The number of amides is 2. The number of halogens is 2. The molecule has 3 saturated carbocycles. The van der Waals surface area contributed by atoms with Crippen molar-refractivity contribution in [2.24, 2.45) is 0 Å². The van der Waals surface area contributed by atoms with Crippen LogP contribution in [0.25, 0.3) is 0 Å². The van der Waals surface area contributed by atoms with Crippen molar-refractivity contribution in [2.45, 2.75) is 60.7 Å². The molecule has 1 aromatic rings. The minimum Gasteiger partial charge on any atom is -0.484 e. The first-order valence-corrected chi connectivity index (χ1v) is 11.2. The van der Waals surface area contributed by atoms with Crippen molar-refractivity contribution in [2.75, 3.05) is 13.2 Å². The number of benzene rings is 1. The zero-order chi connectivity index (χ0) is 20.6. The minimum absolute atomic E-state index is 0.00989. The monoisotopic (exact) mass is 441 g/mol. The van der Waals surface area contributed by atoms with Gasteiger partial charge in [0.1, 0.15) is 11.6 Å². The molecule has 2 amide bonds. The van der Waals surface area contributed by atoms with Gasteiger partial charge in [-0.15, -0.1) is 11.8 Å². The van der Waals surface area contributed by atoms with Gasteiger partial charge in [-0.1, -0.05) is 24.9 Å². The van der Waals surface area contributed by atoms with E-state index in [-0.39, 0.29) is 45.5 Å². The van der Waals surface area contributed by atoms with Gasteiger partial charge in [0.2, 0.25) is 5.91 Å². The maximum absolute atomic E-state index is 13.4. The van der Waals surface area contributed by atoms with Crippen LogP contribution in [-0.2, 0) is 9.59 Å². The summed E-state index contributed by atoms with van der Waals surface area (Å²) in [6, 6.07) is 4.06. The number of nitrogens with one attached hydrogen (secondary N) is 3. The Bertz CT molecular complexity index is 804. The lowest BCUT2D eigenvalue weighted by atomic mass is 9.44. The van der Waals surface area contributed by atoms with E-state index in [0.717, 1.165) is 38.2 Å². The van der Waals surface area contributed by atoms with Gasteiger partial charge < -0.3 is 20.7 Å². The zero-order valence-corrected chi connectivity index (χ0v) is 17.8. The molecule has 0 aromatic heterocycles. The molecule has 29 heavy (non-hydrogen) atoms. The van der Waals surface area contributed by atoms with Crippen LogP contribution in [0.1, 0.15) is 39.0 Å². The molecular formula is C20H25ClFN3O3S. The van der Waals surface area contributed by atoms with Crippen LogP contribution in [0.3, 0.4) is 0 Å². The topological polar surface area (TPSA) is 79.5 Å². The third-order valence-electron chi connectivity index (χ3n) is 5.79. The van der Waals surface area contributed by atoms with Crippen molar-refractivity contribution in [1.29, 1.82) is 0 Å². The zero-order valence-electron chi connectivity index (χ0n) is 16.2. The van der Waals surface area contributed by atoms with Crippen LogP contribution in [-0.4, -0.2) is 46.7 Å². The van der Waals surface area contributed by atoms with Crippen LogP contribution in [0.15, 0.2) is 18.2 Å². The highest BCUT2D eigenvalue weighted by Crippen LogP contribution is 2.60. The van der Waals surface area contributed by atoms with E-state index >= 15 is 0 Å². The van der Waals surface area contributed by atoms with Crippen molar-refractivity contribution in [1.82, 2.24) is 16.0 Å². The maximum atomic E-state index is 13.4. The normalized spacial score (nSPS) is 32.1. The second-order valence-corrected chi connectivity index (χ2v) is 10.1. The lowest BCUT2D eigenvalue weighted by molar-refractivity contribution is -0.150. The van der Waals surface area contributed by atoms with E-state index in [0.29, 0.717) is 11.9 Å². The number of hydrogen-bond donors (Lipinski definition) is 3. The molecule has 0 radical (unpaired) electrons. The van der Waals surface area contributed by atoms with Crippen molar-refractivity contribution >= 4 is 35.2 Å². The first-order chi connectivity index (χ1) is 13.8. The van der Waals surface area contributed by atoms with Crippen LogP contribution in [0.4, 0.5) is 4.39 Å². The van der Waals surface area contributed by atoms with Crippen molar-refractivity contribution in [3.05, 3.63) is 29.0 Å². The first kappa shape index (κ1) is 20.8. The van der Waals surface area contributed by atoms with E-state index in [9.17, 15) is 14.0 Å². The number of carbonyl (C=O) groups excluding carboxylic acids is 2. The summed E-state index contributed by atoms with van der Waals surface area (Å²) in [5.74, 6) is -0.488. The number of carbonyl (C=O) groups is 2. The molecule has 5 rings (SSSR count). The SMILES string of the molecule is CCCC1NCC(C(=O)NC23CC(NC(=O)COc4ccc(Cl)c(F)c4)(C2)C3)S1. The molecule has 1 aromatic carbocycles. The van der Waals surface area contributed by atoms with Gasteiger partial charge in [-0.3, -0.25) is 9.59 Å². The van der Waals surface area contributed by atoms with Crippen LogP contribution >= 0.6 is 23.4 Å². The molecule has 2 bridgehead atoms. The van der Waals surface area contributed by atoms with Gasteiger partial charge in [-0.05, 0) is 37.8 Å². The fourth-order valence-corrected chi connectivity index (χ4v) is 6.02. The molecule has 1 saturated heterocycles. The van der Waals surface area contributed by atoms with Gasteiger partial charge >= 0.3 is 0 Å². The van der Waals surface area contributed by atoms with Crippen molar-refractivity contribution in [3.63, 3.8) is 0 Å². The summed E-state index contributed by atoms with van der Waals surface area (Å²) in [5, 5.41) is 9.91. The van der Waals surface area contributed by atoms with E-state index in [1.165, 1.54) is 12.1 Å². The number of thioether (sulfide) groups is 1. The van der Waals surface area contributed by atoms with Gasteiger partial charge in [0.05, 0.1) is 15.6 Å². The number of rotatable bonds is 8. The highest BCUT2D eigenvalue weighted by molar-refractivity contribution is 8.01. The molecular weight excluding hydrogens is 417 g/mol. The summed E-state index contributed by atoms with van der Waals surface area (Å²) in [6.45, 7) is 2.66. The van der Waals surface area contributed by atoms with Gasteiger partial charge in [0, 0.05) is 23.7 Å². The Morgan fingerprint density at radius 3 is 2.72 bits per heavy atom. The van der Waals surface area contributed by atoms with Crippen LogP contribution in [0.5, 0.6) is 5.75 Å². The number of hydrogen-bond acceptors (Lipinski definition) is 5. The minimum atomic E-state index is -0.585. The average Bonchev–Trinajstić information content (AvgIpc) is 3.09. The molecule has 3 N–H and O–H groups in total. The third kappa shape index (κ3) is 4.34. The largest absolute Gasteiger partial charge is 0.484 e. The van der Waals surface area contributed by atoms with Crippen LogP contribution in [0.2, 0.25) is 5.02 Å². The Kier molecular flexibility index (Phi) is 5.70. The first-order valence-electron chi connectivity index (χ1n) is 9.92. The summed E-state index contributed by atoms with van der Waals surface area (Å²) >= 11 is 7.34. The molecule has 9 heteroatoms. The number of ether oxygens (including phenoxy) is 1. The molecule has 3 aliphatic carbocycles. The molecule has 1 aliphatic heterocycles. The predicted molar refractivity (Wildman–Crippen MR) is 111 cm³/mol. The Labute approximate surface area is 178 Å². The van der Waals surface area contributed by atoms with Gasteiger partial charge in [-0.25, -0.2) is 4.39 Å². The smallest absolute Gasteiger partial charge is 0.258 e. The fourth-order valence-electron chi connectivity index (χ4n) is 4.56. The standard InChI is InChI=1S/C20H25ClFN3O3S/c1-2-3-17-23-7-15(29-17)18(27)25-20-9-19(10-20,11-20)24-16(26)8-28-12-4-5-13(21)14(22)6-12/h4-6,15,17,23H,2-3,7-11H2,1H3,(H,24,26)(H,25,27). The van der Waals surface area contributed by atoms with Crippen LogP contribution < -0.4 is 20.7 Å². The van der Waals surface area contributed by atoms with Crippen molar-refractivity contribution in [3.8, 4) is 5.75 Å². The average molecular weight is 442 g/mol. The molecule has 158 valence electrons. The van der Waals surface area contributed by atoms with E-state index in [2.05, 4.69) is 22.9 Å². The van der Waals surface area contributed by atoms with E-state index in [1.54, 1.807) is 11.8 Å². The summed E-state index contributed by atoms with van der Waals surface area (Å²) in [4.78, 5) is 24.7. The Morgan fingerprint density at radius 1 is 1.31 bits per heavy atom. The predicted octanol–water partition coefficient (Wildman–Crippen LogP) is 2.60. The maximum Gasteiger partial charge on any atom is 0.258 e. The molecule has 0 spiro atoms. The van der Waals surface area contributed by atoms with Gasteiger partial charge in [0.15, 0.2) is 6.61 Å². The lowest BCUT2D eigenvalue weighted by Crippen LogP contribution is -2.84.